The molecule has 1 atom stereocenters. The zero-order valence-electron chi connectivity index (χ0n) is 19.8. The van der Waals surface area contributed by atoms with Crippen LogP contribution in [0.3, 0.4) is 0 Å². The Morgan fingerprint density at radius 3 is 2.30 bits per heavy atom. The third-order valence-electron chi connectivity index (χ3n) is 5.20. The van der Waals surface area contributed by atoms with Crippen molar-refractivity contribution in [2.24, 2.45) is 5.92 Å². The fourth-order valence-corrected chi connectivity index (χ4v) is 3.40. The molecule has 0 bridgehead atoms. The van der Waals surface area contributed by atoms with Crippen LogP contribution in [0.1, 0.15) is 52.0 Å². The van der Waals surface area contributed by atoms with E-state index in [2.05, 4.69) is 5.32 Å². The summed E-state index contributed by atoms with van der Waals surface area (Å²) in [7, 11) is 1.23. The van der Waals surface area contributed by atoms with E-state index in [4.69, 9.17) is 14.2 Å². The van der Waals surface area contributed by atoms with Crippen molar-refractivity contribution in [3.63, 3.8) is 0 Å². The van der Waals surface area contributed by atoms with Gasteiger partial charge in [0.15, 0.2) is 0 Å². The molecule has 1 aliphatic heterocycles. The summed E-state index contributed by atoms with van der Waals surface area (Å²) >= 11 is 0. The molecule has 1 saturated heterocycles. The van der Waals surface area contributed by atoms with Crippen molar-refractivity contribution in [1.29, 1.82) is 0 Å². The van der Waals surface area contributed by atoms with Crippen LogP contribution in [0.4, 0.5) is 4.79 Å². The Hall–Kier alpha value is -3.10. The Labute approximate surface area is 194 Å². The zero-order chi connectivity index (χ0) is 24.4. The lowest BCUT2D eigenvalue weighted by Gasteiger charge is -2.33. The summed E-state index contributed by atoms with van der Waals surface area (Å²) in [6, 6.07) is 8.32. The van der Waals surface area contributed by atoms with E-state index in [0.29, 0.717) is 25.9 Å². The number of hydrogen-bond acceptors (Lipinski definition) is 7. The fourth-order valence-electron chi connectivity index (χ4n) is 3.40. The van der Waals surface area contributed by atoms with E-state index in [9.17, 15) is 19.2 Å². The molecule has 0 unspecified atom stereocenters. The minimum Gasteiger partial charge on any atom is -0.467 e. The van der Waals surface area contributed by atoms with Crippen LogP contribution in [0.15, 0.2) is 30.3 Å². The number of hydrogen-bond donors (Lipinski definition) is 1. The molecule has 1 N–H and O–H groups in total. The fraction of sp³-hybridized carbons (Fsp3) is 0.583. The first kappa shape index (κ1) is 26.2. The number of carbonyl (C=O) groups is 4. The van der Waals surface area contributed by atoms with Gasteiger partial charge in [0.05, 0.1) is 7.11 Å². The molecule has 1 fully saturated rings. The summed E-state index contributed by atoms with van der Waals surface area (Å²) in [5, 5.41) is 2.69. The molecule has 0 saturated carbocycles. The summed E-state index contributed by atoms with van der Waals surface area (Å²) in [6.07, 6.45) is 0.547. The van der Waals surface area contributed by atoms with E-state index in [1.165, 1.54) is 7.11 Å². The molecule has 0 aromatic heterocycles. The summed E-state index contributed by atoms with van der Waals surface area (Å²) in [5.41, 5.74) is 0.280. The standard InChI is InChI=1S/C24H34N2O7/c1-24(2,3)33-23(30)26-14-12-18(13-15-26)21(28)25-19(22(29)31-4)10-11-20(27)32-16-17-8-6-5-7-9-17/h5-9,18-19H,10-16H2,1-4H3,(H,25,28)/t19-/m0/s1. The Kier molecular flexibility index (Phi) is 9.69. The highest BCUT2D eigenvalue weighted by Gasteiger charge is 2.32. The number of rotatable bonds is 8. The number of piperidine rings is 1. The maximum absolute atomic E-state index is 12.7. The normalized spacial score (nSPS) is 15.3. The lowest BCUT2D eigenvalue weighted by atomic mass is 9.95. The van der Waals surface area contributed by atoms with Crippen LogP contribution in [-0.4, -0.2) is 60.7 Å². The van der Waals surface area contributed by atoms with Crippen molar-refractivity contribution < 1.29 is 33.4 Å². The van der Waals surface area contributed by atoms with E-state index in [0.717, 1.165) is 5.56 Å². The molecule has 9 nitrogen and oxygen atoms in total. The van der Waals surface area contributed by atoms with Crippen molar-refractivity contribution >= 4 is 23.9 Å². The Morgan fingerprint density at radius 2 is 1.73 bits per heavy atom. The van der Waals surface area contributed by atoms with Crippen molar-refractivity contribution in [1.82, 2.24) is 10.2 Å². The van der Waals surface area contributed by atoms with Gasteiger partial charge in [0.1, 0.15) is 18.2 Å². The number of carbonyl (C=O) groups excluding carboxylic acids is 4. The first-order valence-corrected chi connectivity index (χ1v) is 11.1. The van der Waals surface area contributed by atoms with Gasteiger partial charge in [0.2, 0.25) is 5.91 Å². The van der Waals surface area contributed by atoms with Gasteiger partial charge in [0.25, 0.3) is 0 Å². The third-order valence-corrected chi connectivity index (χ3v) is 5.20. The van der Waals surface area contributed by atoms with E-state index in [1.807, 2.05) is 30.3 Å². The number of esters is 2. The van der Waals surface area contributed by atoms with Crippen LogP contribution in [0.5, 0.6) is 0 Å². The minimum absolute atomic E-state index is 0.0377. The van der Waals surface area contributed by atoms with Crippen molar-refractivity contribution in [2.75, 3.05) is 20.2 Å². The molecule has 0 aliphatic carbocycles. The van der Waals surface area contributed by atoms with E-state index in [1.54, 1.807) is 25.7 Å². The molecule has 2 amide bonds. The number of nitrogens with zero attached hydrogens (tertiary/aromatic N) is 1. The molecule has 1 aliphatic rings. The van der Waals surface area contributed by atoms with Crippen molar-refractivity contribution in [3.05, 3.63) is 35.9 Å². The first-order chi connectivity index (χ1) is 15.6. The maximum Gasteiger partial charge on any atom is 0.410 e. The van der Waals surface area contributed by atoms with Gasteiger partial charge in [-0.05, 0) is 45.6 Å². The molecule has 0 spiro atoms. The molecule has 1 aromatic rings. The van der Waals surface area contributed by atoms with Crippen molar-refractivity contribution in [2.45, 2.75) is 64.7 Å². The molecule has 2 rings (SSSR count). The highest BCUT2D eigenvalue weighted by Crippen LogP contribution is 2.20. The van der Waals surface area contributed by atoms with Crippen LogP contribution in [-0.2, 0) is 35.2 Å². The first-order valence-electron chi connectivity index (χ1n) is 11.1. The topological polar surface area (TPSA) is 111 Å². The third kappa shape index (κ3) is 9.11. The summed E-state index contributed by atoms with van der Waals surface area (Å²) in [5.74, 6) is -1.73. The second-order valence-corrected chi connectivity index (χ2v) is 9.01. The highest BCUT2D eigenvalue weighted by atomic mass is 16.6. The predicted molar refractivity (Wildman–Crippen MR) is 120 cm³/mol. The zero-order valence-corrected chi connectivity index (χ0v) is 19.8. The van der Waals surface area contributed by atoms with Gasteiger partial charge in [-0.3, -0.25) is 9.59 Å². The molecular weight excluding hydrogens is 428 g/mol. The molecule has 1 aromatic carbocycles. The lowest BCUT2D eigenvalue weighted by Crippen LogP contribution is -2.48. The molecule has 182 valence electrons. The van der Waals surface area contributed by atoms with Gasteiger partial charge < -0.3 is 24.4 Å². The number of methoxy groups -OCH3 is 1. The van der Waals surface area contributed by atoms with E-state index >= 15 is 0 Å². The quantitative estimate of drug-likeness (QED) is 0.467. The SMILES string of the molecule is COC(=O)[C@H](CCC(=O)OCc1ccccc1)NC(=O)C1CCN(C(=O)OC(C)(C)C)CC1. The van der Waals surface area contributed by atoms with Gasteiger partial charge in [-0.2, -0.15) is 0 Å². The highest BCUT2D eigenvalue weighted by molar-refractivity contribution is 5.86. The van der Waals surface area contributed by atoms with Gasteiger partial charge in [-0.1, -0.05) is 30.3 Å². The lowest BCUT2D eigenvalue weighted by molar-refractivity contribution is -0.148. The van der Waals surface area contributed by atoms with Gasteiger partial charge in [-0.15, -0.1) is 0 Å². The van der Waals surface area contributed by atoms with Crippen LogP contribution in [0.25, 0.3) is 0 Å². The Balaban J connectivity index is 1.80. The molecule has 9 heteroatoms. The van der Waals surface area contributed by atoms with Gasteiger partial charge in [-0.25, -0.2) is 9.59 Å². The number of ether oxygens (including phenoxy) is 3. The number of likely N-dealkylation sites (tertiary alicyclic amines) is 1. The number of nitrogens with one attached hydrogen (secondary N) is 1. The number of benzene rings is 1. The van der Waals surface area contributed by atoms with E-state index < -0.39 is 29.7 Å². The molecule has 33 heavy (non-hydrogen) atoms. The molecule has 1 heterocycles. The average Bonchev–Trinajstić information content (AvgIpc) is 2.79. The van der Waals surface area contributed by atoms with Gasteiger partial charge in [0, 0.05) is 25.4 Å². The van der Waals surface area contributed by atoms with Crippen LogP contribution in [0.2, 0.25) is 0 Å². The number of amides is 2. The second-order valence-electron chi connectivity index (χ2n) is 9.01. The van der Waals surface area contributed by atoms with E-state index in [-0.39, 0.29) is 31.3 Å². The maximum atomic E-state index is 12.7. The summed E-state index contributed by atoms with van der Waals surface area (Å²) in [6.45, 7) is 6.33. The predicted octanol–water partition coefficient (Wildman–Crippen LogP) is 2.81. The Bertz CT molecular complexity index is 812. The summed E-state index contributed by atoms with van der Waals surface area (Å²) < 4.78 is 15.4. The average molecular weight is 463 g/mol. The smallest absolute Gasteiger partial charge is 0.410 e. The summed E-state index contributed by atoms with van der Waals surface area (Å²) in [4.78, 5) is 50.7. The van der Waals surface area contributed by atoms with Crippen LogP contribution >= 0.6 is 0 Å². The minimum atomic E-state index is -0.948. The van der Waals surface area contributed by atoms with Crippen LogP contribution in [0, 0.1) is 5.92 Å². The van der Waals surface area contributed by atoms with Crippen molar-refractivity contribution in [3.8, 4) is 0 Å². The largest absolute Gasteiger partial charge is 0.467 e. The second kappa shape index (κ2) is 12.2. The van der Waals surface area contributed by atoms with Gasteiger partial charge >= 0.3 is 18.0 Å². The molecule has 0 radical (unpaired) electrons. The Morgan fingerprint density at radius 1 is 1.09 bits per heavy atom. The monoisotopic (exact) mass is 462 g/mol. The molecular formula is C24H34N2O7. The van der Waals surface area contributed by atoms with Crippen LogP contribution < -0.4 is 5.32 Å².